The van der Waals surface area contributed by atoms with Crippen LogP contribution >= 0.6 is 0 Å². The van der Waals surface area contributed by atoms with Gasteiger partial charge in [-0.15, -0.1) is 0 Å². The maximum Gasteiger partial charge on any atom is 0.229 e. The van der Waals surface area contributed by atoms with Gasteiger partial charge < -0.3 is 0 Å². The van der Waals surface area contributed by atoms with Crippen LogP contribution in [0, 0.1) is 11.8 Å². The second-order valence-electron chi connectivity index (χ2n) is 3.49. The Bertz CT molecular complexity index is 179. The van der Waals surface area contributed by atoms with Crippen molar-refractivity contribution in [2.75, 3.05) is 0 Å². The number of imide groups is 1. The fourth-order valence-electron chi connectivity index (χ4n) is 1.87. The Labute approximate surface area is 72.5 Å². The van der Waals surface area contributed by atoms with Crippen molar-refractivity contribution < 1.29 is 9.59 Å². The number of hydrogen-bond donors (Lipinski definition) is 1. The van der Waals surface area contributed by atoms with Gasteiger partial charge in [-0.3, -0.25) is 14.9 Å². The Balaban J connectivity index is 2.47. The molecule has 0 aliphatic heterocycles. The van der Waals surface area contributed by atoms with Gasteiger partial charge in [0.05, 0.1) is 0 Å². The molecule has 1 saturated carbocycles. The highest BCUT2D eigenvalue weighted by Crippen LogP contribution is 2.29. The Morgan fingerprint density at radius 3 is 2.67 bits per heavy atom. The minimum atomic E-state index is -0.0998. The summed E-state index contributed by atoms with van der Waals surface area (Å²) in [7, 11) is 0. The Hall–Kier alpha value is -0.860. The third-order valence-electron chi connectivity index (χ3n) is 2.65. The molecule has 1 rings (SSSR count). The molecule has 0 aromatic heterocycles. The molecule has 2 amide bonds. The zero-order valence-corrected chi connectivity index (χ0v) is 7.38. The van der Waals surface area contributed by atoms with Gasteiger partial charge in [0.15, 0.2) is 0 Å². The highest BCUT2D eigenvalue weighted by molar-refractivity contribution is 5.87. The number of carbonyl (C=O) groups is 2. The Morgan fingerprint density at radius 2 is 2.08 bits per heavy atom. The van der Waals surface area contributed by atoms with E-state index in [2.05, 4.69) is 12.2 Å². The summed E-state index contributed by atoms with van der Waals surface area (Å²) in [6.07, 6.45) is 4.84. The summed E-state index contributed by atoms with van der Waals surface area (Å²) in [5.74, 6) is 0.389. The minimum absolute atomic E-state index is 0.0592. The summed E-state index contributed by atoms with van der Waals surface area (Å²) in [5.41, 5.74) is 0. The molecule has 1 N–H and O–H groups in total. The molecule has 0 aromatic carbocycles. The highest BCUT2D eigenvalue weighted by atomic mass is 16.2. The van der Waals surface area contributed by atoms with E-state index in [-0.39, 0.29) is 11.8 Å². The largest absolute Gasteiger partial charge is 0.299 e. The predicted octanol–water partition coefficient (Wildman–Crippen LogP) is 1.09. The van der Waals surface area contributed by atoms with Crippen molar-refractivity contribution in [3.05, 3.63) is 0 Å². The molecule has 12 heavy (non-hydrogen) atoms. The van der Waals surface area contributed by atoms with Crippen molar-refractivity contribution in [1.82, 2.24) is 5.32 Å². The normalized spacial score (nSPS) is 29.4. The standard InChI is InChI=1S/C9H15NO2/c1-7-4-2-3-5-8(7)9(12)10-6-11/h6-8H,2-5H2,1H3,(H,10,11,12). The zero-order chi connectivity index (χ0) is 8.97. The van der Waals surface area contributed by atoms with E-state index >= 15 is 0 Å². The van der Waals surface area contributed by atoms with Crippen molar-refractivity contribution in [2.24, 2.45) is 11.8 Å². The molecule has 0 bridgehead atoms. The van der Waals surface area contributed by atoms with Crippen LogP contribution in [0.15, 0.2) is 0 Å². The Kier molecular flexibility index (Phi) is 3.26. The summed E-state index contributed by atoms with van der Waals surface area (Å²) < 4.78 is 0. The summed E-state index contributed by atoms with van der Waals surface area (Å²) in [6, 6.07) is 0. The third kappa shape index (κ3) is 2.06. The zero-order valence-electron chi connectivity index (χ0n) is 7.38. The van der Waals surface area contributed by atoms with Crippen LogP contribution < -0.4 is 5.32 Å². The first-order chi connectivity index (χ1) is 5.75. The van der Waals surface area contributed by atoms with E-state index in [0.29, 0.717) is 12.3 Å². The topological polar surface area (TPSA) is 46.2 Å². The first-order valence-electron chi connectivity index (χ1n) is 4.49. The van der Waals surface area contributed by atoms with Crippen LogP contribution in [-0.2, 0) is 9.59 Å². The number of amides is 2. The van der Waals surface area contributed by atoms with Crippen molar-refractivity contribution in [3.8, 4) is 0 Å². The van der Waals surface area contributed by atoms with Crippen LogP contribution in [0.5, 0.6) is 0 Å². The van der Waals surface area contributed by atoms with E-state index in [1.54, 1.807) is 0 Å². The molecule has 0 heterocycles. The Morgan fingerprint density at radius 1 is 1.42 bits per heavy atom. The summed E-state index contributed by atoms with van der Waals surface area (Å²) in [4.78, 5) is 21.3. The summed E-state index contributed by atoms with van der Waals surface area (Å²) in [5, 5.41) is 2.23. The molecular weight excluding hydrogens is 154 g/mol. The molecule has 1 aliphatic carbocycles. The molecule has 0 radical (unpaired) electrons. The van der Waals surface area contributed by atoms with E-state index in [9.17, 15) is 9.59 Å². The summed E-state index contributed by atoms with van der Waals surface area (Å²) in [6.45, 7) is 2.08. The number of rotatable bonds is 2. The molecule has 68 valence electrons. The van der Waals surface area contributed by atoms with Gasteiger partial charge in [-0.1, -0.05) is 19.8 Å². The second-order valence-corrected chi connectivity index (χ2v) is 3.49. The molecule has 0 aromatic rings. The van der Waals surface area contributed by atoms with Crippen LogP contribution in [0.4, 0.5) is 0 Å². The van der Waals surface area contributed by atoms with Gasteiger partial charge >= 0.3 is 0 Å². The minimum Gasteiger partial charge on any atom is -0.299 e. The van der Waals surface area contributed by atoms with E-state index in [1.807, 2.05) is 0 Å². The average Bonchev–Trinajstić information content (AvgIpc) is 2.05. The van der Waals surface area contributed by atoms with Gasteiger partial charge in [0, 0.05) is 5.92 Å². The quantitative estimate of drug-likeness (QED) is 0.629. The van der Waals surface area contributed by atoms with E-state index in [4.69, 9.17) is 0 Å². The molecule has 0 saturated heterocycles. The second kappa shape index (κ2) is 4.24. The smallest absolute Gasteiger partial charge is 0.229 e. The maximum atomic E-state index is 11.3. The fraction of sp³-hybridized carbons (Fsp3) is 0.778. The third-order valence-corrected chi connectivity index (χ3v) is 2.65. The number of nitrogens with one attached hydrogen (secondary N) is 1. The lowest BCUT2D eigenvalue weighted by Gasteiger charge is -2.26. The highest BCUT2D eigenvalue weighted by Gasteiger charge is 2.27. The van der Waals surface area contributed by atoms with Crippen LogP contribution in [0.2, 0.25) is 0 Å². The SMILES string of the molecule is CC1CCCCC1C(=O)NC=O. The molecule has 3 heteroatoms. The monoisotopic (exact) mass is 169 g/mol. The fourth-order valence-corrected chi connectivity index (χ4v) is 1.87. The predicted molar refractivity (Wildman–Crippen MR) is 45.3 cm³/mol. The lowest BCUT2D eigenvalue weighted by atomic mass is 9.80. The van der Waals surface area contributed by atoms with Crippen LogP contribution in [0.3, 0.4) is 0 Å². The summed E-state index contributed by atoms with van der Waals surface area (Å²) >= 11 is 0. The number of carbonyl (C=O) groups excluding carboxylic acids is 2. The molecule has 2 unspecified atom stereocenters. The van der Waals surface area contributed by atoms with E-state index in [0.717, 1.165) is 19.3 Å². The van der Waals surface area contributed by atoms with Crippen LogP contribution in [0.1, 0.15) is 32.6 Å². The lowest BCUT2D eigenvalue weighted by molar-refractivity contribution is -0.130. The molecule has 1 fully saturated rings. The van der Waals surface area contributed by atoms with Gasteiger partial charge in [-0.25, -0.2) is 0 Å². The maximum absolute atomic E-state index is 11.3. The first kappa shape index (κ1) is 9.23. The molecular formula is C9H15NO2. The van der Waals surface area contributed by atoms with Crippen molar-refractivity contribution >= 4 is 12.3 Å². The van der Waals surface area contributed by atoms with Crippen molar-refractivity contribution in [2.45, 2.75) is 32.6 Å². The van der Waals surface area contributed by atoms with Gasteiger partial charge in [0.2, 0.25) is 12.3 Å². The van der Waals surface area contributed by atoms with Gasteiger partial charge in [0.25, 0.3) is 0 Å². The van der Waals surface area contributed by atoms with Gasteiger partial charge in [-0.2, -0.15) is 0 Å². The van der Waals surface area contributed by atoms with Crippen LogP contribution in [-0.4, -0.2) is 12.3 Å². The van der Waals surface area contributed by atoms with Gasteiger partial charge in [-0.05, 0) is 18.8 Å². The van der Waals surface area contributed by atoms with E-state index in [1.165, 1.54) is 6.42 Å². The van der Waals surface area contributed by atoms with Crippen molar-refractivity contribution in [3.63, 3.8) is 0 Å². The van der Waals surface area contributed by atoms with Crippen LogP contribution in [0.25, 0.3) is 0 Å². The molecule has 1 aliphatic rings. The van der Waals surface area contributed by atoms with E-state index < -0.39 is 0 Å². The van der Waals surface area contributed by atoms with Crippen molar-refractivity contribution in [1.29, 1.82) is 0 Å². The average molecular weight is 169 g/mol. The molecule has 0 spiro atoms. The molecule has 2 atom stereocenters. The first-order valence-corrected chi connectivity index (χ1v) is 4.49. The number of hydrogen-bond acceptors (Lipinski definition) is 2. The lowest BCUT2D eigenvalue weighted by Crippen LogP contribution is -2.34. The molecule has 3 nitrogen and oxygen atoms in total. The van der Waals surface area contributed by atoms with Gasteiger partial charge in [0.1, 0.15) is 0 Å².